The van der Waals surface area contributed by atoms with Crippen molar-refractivity contribution in [3.63, 3.8) is 0 Å². The quantitative estimate of drug-likeness (QED) is 0.325. The highest BCUT2D eigenvalue weighted by Gasteiger charge is 2.18. The molecular weight excluding hydrogens is 472 g/mol. The van der Waals surface area contributed by atoms with Crippen LogP contribution < -0.4 is 25.2 Å². The molecule has 0 spiro atoms. The van der Waals surface area contributed by atoms with Crippen molar-refractivity contribution >= 4 is 32.7 Å². The highest BCUT2D eigenvalue weighted by atomic mass is 32.2. The van der Waals surface area contributed by atoms with Crippen molar-refractivity contribution in [3.8, 4) is 11.5 Å². The number of aromatic nitrogens is 2. The number of hydrogen-bond donors (Lipinski definition) is 4. The van der Waals surface area contributed by atoms with Crippen LogP contribution in [0.4, 0.5) is 5.69 Å². The van der Waals surface area contributed by atoms with Gasteiger partial charge in [-0.15, -0.1) is 0 Å². The van der Waals surface area contributed by atoms with Crippen molar-refractivity contribution in [1.82, 2.24) is 15.3 Å². The van der Waals surface area contributed by atoms with Gasteiger partial charge < -0.3 is 24.8 Å². The van der Waals surface area contributed by atoms with Gasteiger partial charge in [0.1, 0.15) is 13.2 Å². The van der Waals surface area contributed by atoms with Crippen LogP contribution in [0.5, 0.6) is 11.5 Å². The van der Waals surface area contributed by atoms with Gasteiger partial charge in [-0.2, -0.15) is 0 Å². The molecule has 4 aromatic rings. The third-order valence-corrected chi connectivity index (χ3v) is 6.99. The molecule has 35 heavy (non-hydrogen) atoms. The van der Waals surface area contributed by atoms with Crippen LogP contribution in [0, 0.1) is 0 Å². The van der Waals surface area contributed by atoms with Crippen molar-refractivity contribution in [3.05, 3.63) is 82.3 Å². The minimum atomic E-state index is -3.90. The molecule has 0 fully saturated rings. The van der Waals surface area contributed by atoms with Crippen LogP contribution in [0.2, 0.25) is 0 Å². The molecule has 0 saturated heterocycles. The number of sulfonamides is 1. The Bertz CT molecular complexity index is 1570. The van der Waals surface area contributed by atoms with Crippen LogP contribution in [-0.2, 0) is 10.0 Å². The Morgan fingerprint density at radius 3 is 2.40 bits per heavy atom. The molecule has 1 unspecified atom stereocenters. The molecule has 1 amide bonds. The molecule has 1 atom stereocenters. The third kappa shape index (κ3) is 4.71. The lowest BCUT2D eigenvalue weighted by atomic mass is 10.1. The third-order valence-electron chi connectivity index (χ3n) is 5.61. The largest absolute Gasteiger partial charge is 0.486 e. The number of aromatic amines is 2. The Kier molecular flexibility index (Phi) is 5.69. The normalized spacial score (nSPS) is 13.9. The van der Waals surface area contributed by atoms with Gasteiger partial charge in [0.15, 0.2) is 11.5 Å². The Morgan fingerprint density at radius 2 is 1.63 bits per heavy atom. The van der Waals surface area contributed by atoms with Crippen molar-refractivity contribution < 1.29 is 22.7 Å². The first-order valence-corrected chi connectivity index (χ1v) is 12.3. The van der Waals surface area contributed by atoms with Gasteiger partial charge in [-0.1, -0.05) is 6.07 Å². The molecule has 1 aliphatic rings. The van der Waals surface area contributed by atoms with E-state index in [4.69, 9.17) is 9.47 Å². The molecule has 1 aliphatic heterocycles. The van der Waals surface area contributed by atoms with Crippen LogP contribution in [0.1, 0.15) is 28.9 Å². The molecule has 2 heterocycles. The fraction of sp³-hybridized carbons (Fsp3) is 0.167. The van der Waals surface area contributed by atoms with Crippen molar-refractivity contribution in [2.75, 3.05) is 17.9 Å². The predicted octanol–water partition coefficient (Wildman–Crippen LogP) is 2.92. The second-order valence-electron chi connectivity index (χ2n) is 8.07. The lowest BCUT2D eigenvalue weighted by Crippen LogP contribution is -2.26. The zero-order valence-corrected chi connectivity index (χ0v) is 19.4. The van der Waals surface area contributed by atoms with Crippen LogP contribution in [0.15, 0.2) is 70.4 Å². The van der Waals surface area contributed by atoms with Gasteiger partial charge in [-0.25, -0.2) is 13.2 Å². The van der Waals surface area contributed by atoms with E-state index in [-0.39, 0.29) is 16.8 Å². The summed E-state index contributed by atoms with van der Waals surface area (Å²) in [4.78, 5) is 29.2. The van der Waals surface area contributed by atoms with E-state index >= 15 is 0 Å². The molecule has 1 aromatic heterocycles. The number of imidazole rings is 1. The van der Waals surface area contributed by atoms with Gasteiger partial charge in [0, 0.05) is 11.3 Å². The summed E-state index contributed by atoms with van der Waals surface area (Å²) in [7, 11) is -3.90. The van der Waals surface area contributed by atoms with E-state index in [1.807, 2.05) is 25.1 Å². The fourth-order valence-corrected chi connectivity index (χ4v) is 4.86. The highest BCUT2D eigenvalue weighted by molar-refractivity contribution is 7.92. The molecule has 10 nitrogen and oxygen atoms in total. The van der Waals surface area contributed by atoms with Crippen LogP contribution in [-0.4, -0.2) is 37.5 Å². The minimum Gasteiger partial charge on any atom is -0.486 e. The number of carbonyl (C=O) groups is 1. The van der Waals surface area contributed by atoms with E-state index in [9.17, 15) is 18.0 Å². The maximum atomic E-state index is 12.8. The second-order valence-corrected chi connectivity index (χ2v) is 9.75. The van der Waals surface area contributed by atoms with E-state index in [1.54, 1.807) is 0 Å². The summed E-state index contributed by atoms with van der Waals surface area (Å²) >= 11 is 0. The Labute approximate surface area is 200 Å². The number of ether oxygens (including phenoxy) is 2. The lowest BCUT2D eigenvalue weighted by molar-refractivity contribution is 0.0939. The number of anilines is 1. The summed E-state index contributed by atoms with van der Waals surface area (Å²) < 4.78 is 39.1. The van der Waals surface area contributed by atoms with Crippen molar-refractivity contribution in [1.29, 1.82) is 0 Å². The SMILES string of the molecule is CC(NC(=O)c1ccc(NS(=O)(=O)c2ccc3[nH]c(=O)[nH]c3c2)cc1)c1ccc2c(c1)OCCO2. The van der Waals surface area contributed by atoms with Gasteiger partial charge in [0.25, 0.3) is 15.9 Å². The summed E-state index contributed by atoms with van der Waals surface area (Å²) in [6, 6.07) is 15.6. The van der Waals surface area contributed by atoms with E-state index in [0.717, 1.165) is 5.56 Å². The van der Waals surface area contributed by atoms with Gasteiger partial charge in [-0.3, -0.25) is 9.52 Å². The molecule has 0 aliphatic carbocycles. The molecule has 0 bridgehead atoms. The molecular formula is C24H22N4O6S. The first-order chi connectivity index (χ1) is 16.8. The lowest BCUT2D eigenvalue weighted by Gasteiger charge is -2.21. The van der Waals surface area contributed by atoms with Crippen LogP contribution >= 0.6 is 0 Å². The number of amides is 1. The molecule has 3 aromatic carbocycles. The van der Waals surface area contributed by atoms with Crippen LogP contribution in [0.3, 0.4) is 0 Å². The van der Waals surface area contributed by atoms with E-state index < -0.39 is 15.7 Å². The topological polar surface area (TPSA) is 142 Å². The second kappa shape index (κ2) is 8.84. The van der Waals surface area contributed by atoms with E-state index in [0.29, 0.717) is 47.0 Å². The average molecular weight is 495 g/mol. The zero-order chi connectivity index (χ0) is 24.6. The number of hydrogen-bond acceptors (Lipinski definition) is 6. The highest BCUT2D eigenvalue weighted by Crippen LogP contribution is 2.32. The number of benzene rings is 3. The number of rotatable bonds is 6. The molecule has 4 N–H and O–H groups in total. The maximum Gasteiger partial charge on any atom is 0.323 e. The predicted molar refractivity (Wildman–Crippen MR) is 129 cm³/mol. The van der Waals surface area contributed by atoms with Gasteiger partial charge >= 0.3 is 5.69 Å². The number of nitrogens with one attached hydrogen (secondary N) is 4. The summed E-state index contributed by atoms with van der Waals surface area (Å²) in [6.45, 7) is 2.85. The van der Waals surface area contributed by atoms with E-state index in [1.165, 1.54) is 42.5 Å². The molecule has 11 heteroatoms. The van der Waals surface area contributed by atoms with Gasteiger partial charge in [0.05, 0.1) is 22.0 Å². The van der Waals surface area contributed by atoms with Crippen LogP contribution in [0.25, 0.3) is 11.0 Å². The maximum absolute atomic E-state index is 12.8. The smallest absolute Gasteiger partial charge is 0.323 e. The minimum absolute atomic E-state index is 0.00433. The Balaban J connectivity index is 1.26. The average Bonchev–Trinajstić information content (AvgIpc) is 3.23. The number of fused-ring (bicyclic) bond motifs is 2. The first-order valence-electron chi connectivity index (χ1n) is 10.8. The fourth-order valence-electron chi connectivity index (χ4n) is 3.78. The standard InChI is InChI=1S/C24H22N4O6S/c1-14(16-4-9-21-22(12-16)34-11-10-33-21)25-23(29)15-2-5-17(6-3-15)28-35(31,32)18-7-8-19-20(13-18)27-24(30)26-19/h2-9,12-14,28H,10-11H2,1H3,(H,25,29)(H2,26,27,30). The molecule has 0 saturated carbocycles. The summed E-state index contributed by atoms with van der Waals surface area (Å²) in [5.74, 6) is 1.02. The monoisotopic (exact) mass is 494 g/mol. The summed E-state index contributed by atoms with van der Waals surface area (Å²) in [5.41, 5.74) is 2.02. The van der Waals surface area contributed by atoms with Crippen molar-refractivity contribution in [2.24, 2.45) is 0 Å². The summed E-state index contributed by atoms with van der Waals surface area (Å²) in [6.07, 6.45) is 0. The van der Waals surface area contributed by atoms with Crippen molar-refractivity contribution in [2.45, 2.75) is 17.9 Å². The Morgan fingerprint density at radius 1 is 0.914 bits per heavy atom. The number of carbonyl (C=O) groups excluding carboxylic acids is 1. The molecule has 180 valence electrons. The Hall–Kier alpha value is -4.25. The van der Waals surface area contributed by atoms with Gasteiger partial charge in [0.2, 0.25) is 0 Å². The molecule has 0 radical (unpaired) electrons. The first kappa shape index (κ1) is 22.5. The summed E-state index contributed by atoms with van der Waals surface area (Å²) in [5, 5.41) is 2.93. The molecule has 5 rings (SSSR count). The van der Waals surface area contributed by atoms with Gasteiger partial charge in [-0.05, 0) is 67.1 Å². The zero-order valence-electron chi connectivity index (χ0n) is 18.6. The number of H-pyrrole nitrogens is 2. The van der Waals surface area contributed by atoms with E-state index in [2.05, 4.69) is 20.0 Å².